The summed E-state index contributed by atoms with van der Waals surface area (Å²) in [5.74, 6) is -2.15. The molecule has 0 aliphatic carbocycles. The summed E-state index contributed by atoms with van der Waals surface area (Å²) in [6, 6.07) is 2.51. The van der Waals surface area contributed by atoms with E-state index in [1.54, 1.807) is 0 Å². The van der Waals surface area contributed by atoms with E-state index in [0.29, 0.717) is 0 Å². The summed E-state index contributed by atoms with van der Waals surface area (Å²) in [6.45, 7) is -0.223. The maximum Gasteiger partial charge on any atom is 0.335 e. The number of nitrogens with zero attached hydrogens (tertiary/aromatic N) is 2. The molecule has 0 atom stereocenters. The van der Waals surface area contributed by atoms with Crippen molar-refractivity contribution in [2.24, 2.45) is 0 Å². The Bertz CT molecular complexity index is 730. The monoisotopic (exact) mass is 300 g/mol. The fourth-order valence-corrected chi connectivity index (χ4v) is 2.49. The van der Waals surface area contributed by atoms with Crippen LogP contribution in [-0.4, -0.2) is 34.7 Å². The summed E-state index contributed by atoms with van der Waals surface area (Å²) in [7, 11) is -4.20. The third-order valence-corrected chi connectivity index (χ3v) is 3.78. The Morgan fingerprint density at radius 2 is 2.20 bits per heavy atom. The number of carbonyl (C=O) groups is 1. The van der Waals surface area contributed by atoms with Crippen LogP contribution in [0.25, 0.3) is 0 Å². The van der Waals surface area contributed by atoms with Crippen molar-refractivity contribution in [3.63, 3.8) is 0 Å². The largest absolute Gasteiger partial charge is 0.478 e. The van der Waals surface area contributed by atoms with E-state index < -0.39 is 26.7 Å². The highest BCUT2D eigenvalue weighted by Crippen LogP contribution is 2.16. The Kier molecular flexibility index (Phi) is 3.77. The van der Waals surface area contributed by atoms with Gasteiger partial charge in [-0.15, -0.1) is 0 Å². The molecule has 0 saturated heterocycles. The van der Waals surface area contributed by atoms with Crippen LogP contribution in [0, 0.1) is 5.82 Å². The number of carboxylic acid groups (broad SMARTS) is 1. The minimum atomic E-state index is -4.20. The maximum absolute atomic E-state index is 13.5. The molecule has 0 unspecified atom stereocenters. The number of benzene rings is 1. The second-order valence-electron chi connectivity index (χ2n) is 3.71. The Hall–Kier alpha value is -2.33. The van der Waals surface area contributed by atoms with Gasteiger partial charge in [-0.3, -0.25) is 5.10 Å². The van der Waals surface area contributed by atoms with Gasteiger partial charge < -0.3 is 5.11 Å². The molecule has 0 aliphatic rings. The number of halogens is 1. The van der Waals surface area contributed by atoms with Gasteiger partial charge in [0, 0.05) is 0 Å². The quantitative estimate of drug-likeness (QED) is 0.720. The molecule has 20 heavy (non-hydrogen) atoms. The zero-order valence-electron chi connectivity index (χ0n) is 9.87. The van der Waals surface area contributed by atoms with Gasteiger partial charge >= 0.3 is 5.97 Å². The summed E-state index contributed by atoms with van der Waals surface area (Å²) in [4.78, 5) is 13.7. The first kappa shape index (κ1) is 14.1. The molecule has 0 bridgehead atoms. The number of rotatable bonds is 5. The summed E-state index contributed by atoms with van der Waals surface area (Å²) >= 11 is 0. The van der Waals surface area contributed by atoms with Gasteiger partial charge in [0.15, 0.2) is 0 Å². The number of hydrogen-bond donors (Lipinski definition) is 3. The molecule has 1 heterocycles. The van der Waals surface area contributed by atoms with Crippen molar-refractivity contribution in [1.82, 2.24) is 19.9 Å². The van der Waals surface area contributed by atoms with Crippen LogP contribution in [-0.2, 0) is 16.6 Å². The van der Waals surface area contributed by atoms with Crippen molar-refractivity contribution in [1.29, 1.82) is 0 Å². The molecule has 8 nitrogen and oxygen atoms in total. The molecule has 0 aliphatic heterocycles. The molecule has 0 amide bonds. The van der Waals surface area contributed by atoms with Crippen LogP contribution >= 0.6 is 0 Å². The van der Waals surface area contributed by atoms with Crippen LogP contribution in [0.1, 0.15) is 16.2 Å². The molecule has 0 saturated carbocycles. The Labute approximate surface area is 112 Å². The molecule has 0 fully saturated rings. The second kappa shape index (κ2) is 5.35. The molecule has 2 rings (SSSR count). The van der Waals surface area contributed by atoms with Crippen LogP contribution in [0.4, 0.5) is 4.39 Å². The lowest BCUT2D eigenvalue weighted by Gasteiger charge is -2.07. The molecule has 0 spiro atoms. The van der Waals surface area contributed by atoms with Gasteiger partial charge in [-0.2, -0.15) is 5.10 Å². The predicted molar refractivity (Wildman–Crippen MR) is 63.8 cm³/mol. The van der Waals surface area contributed by atoms with Gasteiger partial charge in [0.1, 0.15) is 22.9 Å². The third kappa shape index (κ3) is 2.97. The highest BCUT2D eigenvalue weighted by Gasteiger charge is 2.21. The number of aromatic amines is 1. The van der Waals surface area contributed by atoms with E-state index >= 15 is 0 Å². The average Bonchev–Trinajstić information content (AvgIpc) is 2.89. The predicted octanol–water partition coefficient (Wildman–Crippen LogP) is 0.120. The summed E-state index contributed by atoms with van der Waals surface area (Å²) in [5.41, 5.74) is -0.327. The van der Waals surface area contributed by atoms with E-state index in [-0.39, 0.29) is 17.9 Å². The van der Waals surface area contributed by atoms with Crippen molar-refractivity contribution in [2.75, 3.05) is 0 Å². The minimum Gasteiger partial charge on any atom is -0.478 e. The summed E-state index contributed by atoms with van der Waals surface area (Å²) in [5, 5.41) is 14.7. The summed E-state index contributed by atoms with van der Waals surface area (Å²) < 4.78 is 39.5. The fraction of sp³-hybridized carbons (Fsp3) is 0.100. The zero-order chi connectivity index (χ0) is 14.8. The molecule has 106 valence electrons. The number of H-pyrrole nitrogens is 1. The fourth-order valence-electron chi connectivity index (χ4n) is 1.40. The highest BCUT2D eigenvalue weighted by molar-refractivity contribution is 7.89. The maximum atomic E-state index is 13.5. The van der Waals surface area contributed by atoms with Crippen LogP contribution in [0.5, 0.6) is 0 Å². The normalized spacial score (nSPS) is 11.4. The lowest BCUT2D eigenvalue weighted by Crippen LogP contribution is -2.25. The van der Waals surface area contributed by atoms with Gasteiger partial charge in [0.05, 0.1) is 12.1 Å². The number of nitrogens with one attached hydrogen (secondary N) is 2. The topological polar surface area (TPSA) is 125 Å². The lowest BCUT2D eigenvalue weighted by atomic mass is 10.2. The van der Waals surface area contributed by atoms with Gasteiger partial charge in [-0.05, 0) is 18.2 Å². The molecule has 1 aromatic carbocycles. The van der Waals surface area contributed by atoms with Gasteiger partial charge in [-0.25, -0.2) is 27.3 Å². The Balaban J connectivity index is 2.28. The standard InChI is InChI=1S/C10H9FN4O4S/c11-7-2-1-6(10(16)17)3-8(7)20(18,19)14-4-9-12-5-13-15-9/h1-3,5,14H,4H2,(H,16,17)(H,12,13,15). The molecular weight excluding hydrogens is 291 g/mol. The molecule has 3 N–H and O–H groups in total. The average molecular weight is 300 g/mol. The lowest BCUT2D eigenvalue weighted by molar-refractivity contribution is 0.0696. The highest BCUT2D eigenvalue weighted by atomic mass is 32.2. The van der Waals surface area contributed by atoms with Crippen molar-refractivity contribution in [3.8, 4) is 0 Å². The van der Waals surface area contributed by atoms with Crippen molar-refractivity contribution >= 4 is 16.0 Å². The van der Waals surface area contributed by atoms with Crippen LogP contribution < -0.4 is 4.72 Å². The van der Waals surface area contributed by atoms with E-state index in [1.807, 2.05) is 0 Å². The SMILES string of the molecule is O=C(O)c1ccc(F)c(S(=O)(=O)NCc2ncn[nH]2)c1. The van der Waals surface area contributed by atoms with Gasteiger partial charge in [0.2, 0.25) is 10.0 Å². The number of aromatic nitrogens is 3. The number of aromatic carboxylic acids is 1. The van der Waals surface area contributed by atoms with Crippen LogP contribution in [0.3, 0.4) is 0 Å². The van der Waals surface area contributed by atoms with E-state index in [1.165, 1.54) is 6.33 Å². The Morgan fingerprint density at radius 1 is 1.45 bits per heavy atom. The molecular formula is C10H9FN4O4S. The van der Waals surface area contributed by atoms with Crippen molar-refractivity contribution in [2.45, 2.75) is 11.4 Å². The van der Waals surface area contributed by atoms with Crippen molar-refractivity contribution in [3.05, 3.63) is 41.7 Å². The first-order valence-electron chi connectivity index (χ1n) is 5.27. The zero-order valence-corrected chi connectivity index (χ0v) is 10.7. The second-order valence-corrected chi connectivity index (χ2v) is 5.44. The summed E-state index contributed by atoms with van der Waals surface area (Å²) in [6.07, 6.45) is 1.19. The third-order valence-electron chi connectivity index (χ3n) is 2.36. The van der Waals surface area contributed by atoms with Crippen LogP contribution in [0.15, 0.2) is 29.4 Å². The van der Waals surface area contributed by atoms with Gasteiger partial charge in [0.25, 0.3) is 0 Å². The van der Waals surface area contributed by atoms with E-state index in [0.717, 1.165) is 18.2 Å². The van der Waals surface area contributed by atoms with Crippen molar-refractivity contribution < 1.29 is 22.7 Å². The Morgan fingerprint density at radius 3 is 2.80 bits per heavy atom. The van der Waals surface area contributed by atoms with Gasteiger partial charge in [-0.1, -0.05) is 0 Å². The van der Waals surface area contributed by atoms with E-state index in [4.69, 9.17) is 5.11 Å². The molecule has 1 aromatic heterocycles. The molecule has 0 radical (unpaired) electrons. The molecule has 10 heteroatoms. The minimum absolute atomic E-state index is 0.223. The first-order valence-corrected chi connectivity index (χ1v) is 6.75. The number of carboxylic acids is 1. The van der Waals surface area contributed by atoms with E-state index in [2.05, 4.69) is 19.9 Å². The molecule has 2 aromatic rings. The van der Waals surface area contributed by atoms with Crippen LogP contribution in [0.2, 0.25) is 0 Å². The number of sulfonamides is 1. The smallest absolute Gasteiger partial charge is 0.335 e. The first-order chi connectivity index (χ1) is 9.40. The number of hydrogen-bond acceptors (Lipinski definition) is 5. The van der Waals surface area contributed by atoms with E-state index in [9.17, 15) is 17.6 Å².